The van der Waals surface area contributed by atoms with Gasteiger partial charge >= 0.3 is 0 Å². The van der Waals surface area contributed by atoms with Crippen LogP contribution in [0.5, 0.6) is 0 Å². The van der Waals surface area contributed by atoms with E-state index in [2.05, 4.69) is 31.8 Å². The Labute approximate surface area is 129 Å². The van der Waals surface area contributed by atoms with Crippen molar-refractivity contribution >= 4 is 5.82 Å². The van der Waals surface area contributed by atoms with E-state index in [4.69, 9.17) is 0 Å². The average molecular weight is 299 g/mol. The third-order valence-corrected chi connectivity index (χ3v) is 4.07. The van der Waals surface area contributed by atoms with Gasteiger partial charge in [-0.15, -0.1) is 0 Å². The number of nitrogens with zero attached hydrogens (tertiary/aromatic N) is 4. The molecule has 1 aliphatic heterocycles. The highest BCUT2D eigenvalue weighted by Crippen LogP contribution is 2.27. The molecular weight excluding hydrogens is 278 g/mol. The lowest BCUT2D eigenvalue weighted by Gasteiger charge is -2.33. The van der Waals surface area contributed by atoms with Gasteiger partial charge in [0.1, 0.15) is 11.6 Å². The van der Waals surface area contributed by atoms with Crippen molar-refractivity contribution in [2.24, 2.45) is 0 Å². The number of anilines is 1. The van der Waals surface area contributed by atoms with Gasteiger partial charge in [-0.2, -0.15) is 0 Å². The number of aromatic nitrogens is 4. The van der Waals surface area contributed by atoms with E-state index in [0.29, 0.717) is 0 Å². The predicted molar refractivity (Wildman–Crippen MR) is 85.2 cm³/mol. The molecule has 22 heavy (non-hydrogen) atoms. The van der Waals surface area contributed by atoms with Crippen molar-refractivity contribution in [1.29, 1.82) is 0 Å². The lowest BCUT2D eigenvalue weighted by molar-refractivity contribution is 0.496. The molecule has 1 unspecified atom stereocenters. The smallest absolute Gasteiger partial charge is 0.250 e. The minimum Gasteiger partial charge on any atom is -0.356 e. The maximum Gasteiger partial charge on any atom is 0.250 e. The van der Waals surface area contributed by atoms with Gasteiger partial charge in [-0.05, 0) is 19.8 Å². The minimum absolute atomic E-state index is 0.0896. The monoisotopic (exact) mass is 299 g/mol. The number of aryl methyl sites for hydroxylation is 2. The largest absolute Gasteiger partial charge is 0.356 e. The highest BCUT2D eigenvalue weighted by Gasteiger charge is 2.24. The molecule has 0 aliphatic carbocycles. The Kier molecular flexibility index (Phi) is 4.18. The van der Waals surface area contributed by atoms with Crippen LogP contribution in [0.25, 0.3) is 0 Å². The van der Waals surface area contributed by atoms with Gasteiger partial charge in [-0.3, -0.25) is 4.79 Å². The van der Waals surface area contributed by atoms with Crippen molar-refractivity contribution in [3.8, 4) is 0 Å². The van der Waals surface area contributed by atoms with Crippen LogP contribution < -0.4 is 10.5 Å². The summed E-state index contributed by atoms with van der Waals surface area (Å²) >= 11 is 0. The van der Waals surface area contributed by atoms with E-state index in [1.54, 1.807) is 6.07 Å². The lowest BCUT2D eigenvalue weighted by Crippen LogP contribution is -2.35. The van der Waals surface area contributed by atoms with Gasteiger partial charge < -0.3 is 9.88 Å². The van der Waals surface area contributed by atoms with Crippen LogP contribution in [0.3, 0.4) is 0 Å². The second kappa shape index (κ2) is 6.25. The SMILES string of the molecule is CCc1nc(C)cc(N2CCCC(c3cc(=O)[nH]cn3)C2)n1. The Bertz CT molecular complexity index is 712. The molecule has 0 bridgehead atoms. The fourth-order valence-corrected chi connectivity index (χ4v) is 2.97. The molecule has 1 N–H and O–H groups in total. The first kappa shape index (κ1) is 14.7. The first-order valence-electron chi connectivity index (χ1n) is 7.80. The van der Waals surface area contributed by atoms with Crippen LogP contribution in [-0.4, -0.2) is 33.0 Å². The van der Waals surface area contributed by atoms with Crippen LogP contribution in [0.1, 0.15) is 42.9 Å². The molecule has 2 aromatic rings. The van der Waals surface area contributed by atoms with Crippen molar-refractivity contribution in [1.82, 2.24) is 19.9 Å². The molecule has 6 nitrogen and oxygen atoms in total. The molecule has 0 amide bonds. The summed E-state index contributed by atoms with van der Waals surface area (Å²) in [5.74, 6) is 2.14. The summed E-state index contributed by atoms with van der Waals surface area (Å²) < 4.78 is 0. The normalized spacial score (nSPS) is 18.5. The molecule has 116 valence electrons. The zero-order valence-corrected chi connectivity index (χ0v) is 13.0. The van der Waals surface area contributed by atoms with Gasteiger partial charge in [-0.1, -0.05) is 6.92 Å². The van der Waals surface area contributed by atoms with E-state index in [-0.39, 0.29) is 11.5 Å². The van der Waals surface area contributed by atoms with Crippen LogP contribution in [-0.2, 0) is 6.42 Å². The summed E-state index contributed by atoms with van der Waals surface area (Å²) in [5.41, 5.74) is 1.78. The van der Waals surface area contributed by atoms with Gasteiger partial charge in [0.15, 0.2) is 0 Å². The molecule has 1 atom stereocenters. The zero-order chi connectivity index (χ0) is 15.5. The first-order valence-corrected chi connectivity index (χ1v) is 7.80. The summed E-state index contributed by atoms with van der Waals surface area (Å²) in [4.78, 5) is 29.8. The summed E-state index contributed by atoms with van der Waals surface area (Å²) in [5, 5.41) is 0. The van der Waals surface area contributed by atoms with E-state index in [1.165, 1.54) is 6.33 Å². The molecule has 1 aliphatic rings. The summed E-state index contributed by atoms with van der Waals surface area (Å²) in [6.45, 7) is 5.90. The van der Waals surface area contributed by atoms with Gasteiger partial charge in [0.2, 0.25) is 0 Å². The number of piperidine rings is 1. The number of nitrogens with one attached hydrogen (secondary N) is 1. The molecule has 0 aromatic carbocycles. The molecular formula is C16H21N5O. The number of rotatable bonds is 3. The Hall–Kier alpha value is -2.24. The molecule has 2 aromatic heterocycles. The quantitative estimate of drug-likeness (QED) is 0.935. The topological polar surface area (TPSA) is 74.8 Å². The Morgan fingerprint density at radius 3 is 3.00 bits per heavy atom. The zero-order valence-electron chi connectivity index (χ0n) is 13.0. The highest BCUT2D eigenvalue weighted by molar-refractivity contribution is 5.41. The van der Waals surface area contributed by atoms with Gasteiger partial charge in [0.05, 0.1) is 12.0 Å². The molecule has 0 saturated carbocycles. The van der Waals surface area contributed by atoms with Crippen LogP contribution in [0.15, 0.2) is 23.3 Å². The fourth-order valence-electron chi connectivity index (χ4n) is 2.97. The number of H-pyrrole nitrogens is 1. The van der Waals surface area contributed by atoms with E-state index < -0.39 is 0 Å². The molecule has 1 saturated heterocycles. The van der Waals surface area contributed by atoms with Crippen molar-refractivity contribution in [2.75, 3.05) is 18.0 Å². The van der Waals surface area contributed by atoms with Crippen molar-refractivity contribution in [3.05, 3.63) is 46.0 Å². The van der Waals surface area contributed by atoms with Gasteiger partial charge in [-0.25, -0.2) is 15.0 Å². The van der Waals surface area contributed by atoms with E-state index >= 15 is 0 Å². The Morgan fingerprint density at radius 2 is 2.23 bits per heavy atom. The maximum atomic E-state index is 11.5. The van der Waals surface area contributed by atoms with E-state index in [1.807, 2.05) is 13.0 Å². The highest BCUT2D eigenvalue weighted by atomic mass is 16.1. The second-order valence-corrected chi connectivity index (χ2v) is 5.76. The molecule has 6 heteroatoms. The molecule has 3 heterocycles. The lowest BCUT2D eigenvalue weighted by atomic mass is 9.94. The summed E-state index contributed by atoms with van der Waals surface area (Å²) in [6, 6.07) is 3.64. The van der Waals surface area contributed by atoms with Crippen LogP contribution >= 0.6 is 0 Å². The third kappa shape index (κ3) is 3.16. The van der Waals surface area contributed by atoms with Gasteiger partial charge in [0, 0.05) is 43.3 Å². The first-order chi connectivity index (χ1) is 10.7. The van der Waals surface area contributed by atoms with E-state index in [0.717, 1.165) is 55.4 Å². The van der Waals surface area contributed by atoms with Crippen molar-refractivity contribution < 1.29 is 0 Å². The summed E-state index contributed by atoms with van der Waals surface area (Å²) in [6.07, 6.45) is 4.45. The van der Waals surface area contributed by atoms with Crippen molar-refractivity contribution in [3.63, 3.8) is 0 Å². The van der Waals surface area contributed by atoms with E-state index in [9.17, 15) is 4.79 Å². The number of aromatic amines is 1. The van der Waals surface area contributed by atoms with Gasteiger partial charge in [0.25, 0.3) is 5.56 Å². The average Bonchev–Trinajstić information content (AvgIpc) is 2.54. The van der Waals surface area contributed by atoms with Crippen LogP contribution in [0.2, 0.25) is 0 Å². The molecule has 0 radical (unpaired) electrons. The third-order valence-electron chi connectivity index (χ3n) is 4.07. The molecule has 3 rings (SSSR count). The predicted octanol–water partition coefficient (Wildman–Crippen LogP) is 1.81. The number of hydrogen-bond donors (Lipinski definition) is 1. The number of hydrogen-bond acceptors (Lipinski definition) is 5. The molecule has 1 fully saturated rings. The van der Waals surface area contributed by atoms with Crippen LogP contribution in [0.4, 0.5) is 5.82 Å². The minimum atomic E-state index is -0.0896. The summed E-state index contributed by atoms with van der Waals surface area (Å²) in [7, 11) is 0. The van der Waals surface area contributed by atoms with Crippen molar-refractivity contribution in [2.45, 2.75) is 39.0 Å². The second-order valence-electron chi connectivity index (χ2n) is 5.76. The Balaban J connectivity index is 1.84. The fraction of sp³-hybridized carbons (Fsp3) is 0.500. The Morgan fingerprint density at radius 1 is 1.36 bits per heavy atom. The molecule has 0 spiro atoms. The standard InChI is InChI=1S/C16H21N5O/c1-3-14-19-11(2)7-15(20-14)21-6-4-5-12(9-21)13-8-16(22)18-10-17-13/h7-8,10,12H,3-6,9H2,1-2H3,(H,17,18,22). The maximum absolute atomic E-state index is 11.5. The van der Waals surface area contributed by atoms with Crippen LogP contribution in [0, 0.1) is 6.92 Å².